The van der Waals surface area contributed by atoms with Crippen LogP contribution < -0.4 is 5.32 Å². The Morgan fingerprint density at radius 3 is 2.59 bits per heavy atom. The summed E-state index contributed by atoms with van der Waals surface area (Å²) in [6.45, 7) is 0. The predicted octanol–water partition coefficient (Wildman–Crippen LogP) is 4.12. The van der Waals surface area contributed by atoms with Gasteiger partial charge >= 0.3 is 5.97 Å². The lowest BCUT2D eigenvalue weighted by Gasteiger charge is -2.09. The first kappa shape index (κ1) is 16.7. The molecule has 0 saturated heterocycles. The molecule has 7 heteroatoms. The molecule has 0 heterocycles. The summed E-state index contributed by atoms with van der Waals surface area (Å²) in [5.41, 5.74) is 0.417. The van der Waals surface area contributed by atoms with Gasteiger partial charge in [-0.1, -0.05) is 11.6 Å². The van der Waals surface area contributed by atoms with Crippen molar-refractivity contribution in [1.82, 2.24) is 0 Å². The first-order chi connectivity index (χ1) is 10.4. The van der Waals surface area contributed by atoms with E-state index in [0.717, 1.165) is 16.7 Å². The molecule has 0 aliphatic carbocycles. The summed E-state index contributed by atoms with van der Waals surface area (Å²) in [5, 5.41) is 3.03. The smallest absolute Gasteiger partial charge is 0.340 e. The van der Waals surface area contributed by atoms with Gasteiger partial charge in [0.2, 0.25) is 0 Å². The standard InChI is InChI=1S/C15H10ClFINO3/c1-22-15(21)10-7-9(3-4-12(10)17)19-14(20)11-6-8(16)2-5-13(11)18/h2-7H,1H3,(H,19,20). The van der Waals surface area contributed by atoms with Gasteiger partial charge in [0.15, 0.2) is 0 Å². The molecule has 0 fully saturated rings. The van der Waals surface area contributed by atoms with Crippen LogP contribution in [0.3, 0.4) is 0 Å². The second kappa shape index (κ2) is 7.06. The molecular formula is C15H10ClFINO3. The summed E-state index contributed by atoms with van der Waals surface area (Å²) in [6, 6.07) is 8.58. The van der Waals surface area contributed by atoms with E-state index in [4.69, 9.17) is 11.6 Å². The molecule has 4 nitrogen and oxygen atoms in total. The minimum atomic E-state index is -0.814. The van der Waals surface area contributed by atoms with E-state index in [2.05, 4.69) is 10.1 Å². The van der Waals surface area contributed by atoms with Crippen molar-refractivity contribution >= 4 is 51.8 Å². The molecule has 0 bridgehead atoms. The SMILES string of the molecule is COC(=O)c1cc(NC(=O)c2cc(Cl)ccc2I)ccc1F. The van der Waals surface area contributed by atoms with Crippen LogP contribution in [0.1, 0.15) is 20.7 Å². The Kier molecular flexibility index (Phi) is 5.36. The Balaban J connectivity index is 2.29. The van der Waals surface area contributed by atoms with Gasteiger partial charge in [-0.25, -0.2) is 9.18 Å². The van der Waals surface area contributed by atoms with Crippen LogP contribution in [0, 0.1) is 9.39 Å². The third-order valence-electron chi connectivity index (χ3n) is 2.80. The average Bonchev–Trinajstić information content (AvgIpc) is 2.50. The maximum atomic E-state index is 13.6. The molecule has 0 aliphatic rings. The fourth-order valence-corrected chi connectivity index (χ4v) is 2.49. The second-order valence-corrected chi connectivity index (χ2v) is 5.86. The minimum Gasteiger partial charge on any atom is -0.465 e. The molecule has 1 N–H and O–H groups in total. The highest BCUT2D eigenvalue weighted by Gasteiger charge is 2.15. The molecule has 0 saturated carbocycles. The molecule has 0 radical (unpaired) electrons. The number of nitrogens with one attached hydrogen (secondary N) is 1. The number of hydrogen-bond acceptors (Lipinski definition) is 3. The van der Waals surface area contributed by atoms with Crippen molar-refractivity contribution < 1.29 is 18.7 Å². The van der Waals surface area contributed by atoms with E-state index in [9.17, 15) is 14.0 Å². The Hall–Kier alpha value is -1.67. The molecule has 0 spiro atoms. The molecule has 0 aliphatic heterocycles. The Morgan fingerprint density at radius 2 is 1.91 bits per heavy atom. The highest BCUT2D eigenvalue weighted by molar-refractivity contribution is 14.1. The van der Waals surface area contributed by atoms with Gasteiger partial charge in [-0.2, -0.15) is 0 Å². The van der Waals surface area contributed by atoms with E-state index in [1.165, 1.54) is 18.2 Å². The highest BCUT2D eigenvalue weighted by Crippen LogP contribution is 2.21. The first-order valence-corrected chi connectivity index (χ1v) is 7.52. The Morgan fingerprint density at radius 1 is 1.18 bits per heavy atom. The van der Waals surface area contributed by atoms with Gasteiger partial charge < -0.3 is 10.1 Å². The van der Waals surface area contributed by atoms with Crippen LogP contribution in [0.4, 0.5) is 10.1 Å². The van der Waals surface area contributed by atoms with E-state index in [0.29, 0.717) is 10.6 Å². The number of amides is 1. The van der Waals surface area contributed by atoms with Gasteiger partial charge in [0.1, 0.15) is 5.82 Å². The van der Waals surface area contributed by atoms with Crippen molar-refractivity contribution in [2.45, 2.75) is 0 Å². The number of rotatable bonds is 3. The zero-order valence-electron chi connectivity index (χ0n) is 11.3. The lowest BCUT2D eigenvalue weighted by molar-refractivity contribution is 0.0595. The van der Waals surface area contributed by atoms with Gasteiger partial charge in [0.25, 0.3) is 5.91 Å². The fourth-order valence-electron chi connectivity index (χ4n) is 1.74. The van der Waals surface area contributed by atoms with Crippen LogP contribution in [0.15, 0.2) is 36.4 Å². The minimum absolute atomic E-state index is 0.249. The van der Waals surface area contributed by atoms with Gasteiger partial charge in [0.05, 0.1) is 18.2 Å². The van der Waals surface area contributed by atoms with Crippen molar-refractivity contribution in [3.8, 4) is 0 Å². The number of methoxy groups -OCH3 is 1. The van der Waals surface area contributed by atoms with Crippen LogP contribution in [0.5, 0.6) is 0 Å². The topological polar surface area (TPSA) is 55.4 Å². The quantitative estimate of drug-likeness (QED) is 0.585. The summed E-state index contributed by atoms with van der Waals surface area (Å²) in [6.07, 6.45) is 0. The summed E-state index contributed by atoms with van der Waals surface area (Å²) < 4.78 is 18.8. The van der Waals surface area contributed by atoms with Crippen molar-refractivity contribution in [3.05, 3.63) is 61.9 Å². The molecule has 2 rings (SSSR count). The molecule has 0 atom stereocenters. The number of carbonyl (C=O) groups is 2. The average molecular weight is 434 g/mol. The van der Waals surface area contributed by atoms with Gasteiger partial charge in [-0.3, -0.25) is 4.79 Å². The maximum Gasteiger partial charge on any atom is 0.340 e. The molecule has 0 unspecified atom stereocenters. The van der Waals surface area contributed by atoms with Crippen LogP contribution in [-0.4, -0.2) is 19.0 Å². The van der Waals surface area contributed by atoms with Crippen molar-refractivity contribution in [2.24, 2.45) is 0 Å². The largest absolute Gasteiger partial charge is 0.465 e. The van der Waals surface area contributed by atoms with Crippen LogP contribution >= 0.6 is 34.2 Å². The van der Waals surface area contributed by atoms with E-state index in [-0.39, 0.29) is 11.3 Å². The van der Waals surface area contributed by atoms with Gasteiger partial charge in [-0.05, 0) is 59.0 Å². The van der Waals surface area contributed by atoms with E-state index in [1.807, 2.05) is 22.6 Å². The molecule has 2 aromatic rings. The molecular weight excluding hydrogens is 424 g/mol. The summed E-state index contributed by atoms with van der Waals surface area (Å²) in [5.74, 6) is -1.94. The lowest BCUT2D eigenvalue weighted by atomic mass is 10.1. The normalized spacial score (nSPS) is 10.2. The fraction of sp³-hybridized carbons (Fsp3) is 0.0667. The predicted molar refractivity (Wildman–Crippen MR) is 89.9 cm³/mol. The number of carbonyl (C=O) groups excluding carboxylic acids is 2. The van der Waals surface area contributed by atoms with E-state index >= 15 is 0 Å². The lowest BCUT2D eigenvalue weighted by Crippen LogP contribution is -2.14. The van der Waals surface area contributed by atoms with Crippen LogP contribution in [0.2, 0.25) is 5.02 Å². The van der Waals surface area contributed by atoms with Crippen molar-refractivity contribution in [3.63, 3.8) is 0 Å². The zero-order valence-corrected chi connectivity index (χ0v) is 14.2. The number of benzene rings is 2. The number of esters is 1. The van der Waals surface area contributed by atoms with E-state index < -0.39 is 17.7 Å². The number of anilines is 1. The molecule has 114 valence electrons. The number of ether oxygens (including phenoxy) is 1. The molecule has 1 amide bonds. The van der Waals surface area contributed by atoms with Crippen molar-refractivity contribution in [2.75, 3.05) is 12.4 Å². The molecule has 2 aromatic carbocycles. The third-order valence-corrected chi connectivity index (χ3v) is 3.98. The van der Waals surface area contributed by atoms with Crippen molar-refractivity contribution in [1.29, 1.82) is 0 Å². The molecule has 0 aromatic heterocycles. The Bertz CT molecular complexity index is 752. The molecule has 22 heavy (non-hydrogen) atoms. The second-order valence-electron chi connectivity index (χ2n) is 4.26. The first-order valence-electron chi connectivity index (χ1n) is 6.06. The van der Waals surface area contributed by atoms with Gasteiger partial charge in [-0.15, -0.1) is 0 Å². The van der Waals surface area contributed by atoms with Crippen LogP contribution in [-0.2, 0) is 4.74 Å². The highest BCUT2D eigenvalue weighted by atomic mass is 127. The summed E-state index contributed by atoms with van der Waals surface area (Å²) in [4.78, 5) is 23.7. The zero-order chi connectivity index (χ0) is 16.3. The maximum absolute atomic E-state index is 13.6. The van der Waals surface area contributed by atoms with Crippen LogP contribution in [0.25, 0.3) is 0 Å². The number of halogens is 3. The monoisotopic (exact) mass is 433 g/mol. The summed E-state index contributed by atoms with van der Waals surface area (Å²) in [7, 11) is 1.15. The third kappa shape index (κ3) is 3.75. The Labute approximate surface area is 144 Å². The summed E-state index contributed by atoms with van der Waals surface area (Å²) >= 11 is 7.89. The van der Waals surface area contributed by atoms with E-state index in [1.54, 1.807) is 12.1 Å². The van der Waals surface area contributed by atoms with Gasteiger partial charge in [0, 0.05) is 14.3 Å². The number of hydrogen-bond donors (Lipinski definition) is 1.